The Bertz CT molecular complexity index is 1560. The predicted octanol–water partition coefficient (Wildman–Crippen LogP) is 3.79. The van der Waals surface area contributed by atoms with Gasteiger partial charge in [0.2, 0.25) is 11.8 Å². The van der Waals surface area contributed by atoms with Crippen LogP contribution in [-0.2, 0) is 20.8 Å². The summed E-state index contributed by atoms with van der Waals surface area (Å²) in [6, 6.07) is 13.5. The number of aromatic hydroxyl groups is 1. The number of phenolic OH excluding ortho intramolecular Hbond substituents is 1. The predicted molar refractivity (Wildman–Crippen MR) is 143 cm³/mol. The summed E-state index contributed by atoms with van der Waals surface area (Å²) in [7, 11) is 1.35. The van der Waals surface area contributed by atoms with Crippen LogP contribution in [0.4, 0.5) is 11.4 Å². The van der Waals surface area contributed by atoms with Gasteiger partial charge in [-0.2, -0.15) is 0 Å². The van der Waals surface area contributed by atoms with Gasteiger partial charge in [0.1, 0.15) is 5.54 Å². The van der Waals surface area contributed by atoms with E-state index >= 15 is 0 Å². The van der Waals surface area contributed by atoms with Crippen LogP contribution in [0, 0.1) is 28.9 Å². The molecule has 2 aliphatic heterocycles. The molecule has 2 saturated heterocycles. The number of rotatable bonds is 7. The Kier molecular flexibility index (Phi) is 6.72. The lowest BCUT2D eigenvalue weighted by Gasteiger charge is -2.31. The van der Waals surface area contributed by atoms with Gasteiger partial charge in [-0.25, -0.2) is 4.90 Å². The zero-order chi connectivity index (χ0) is 28.9. The molecule has 3 aromatic rings. The molecule has 11 nitrogen and oxygen atoms in total. The molecule has 4 unspecified atom stereocenters. The zero-order valence-electron chi connectivity index (χ0n) is 21.3. The van der Waals surface area contributed by atoms with Crippen molar-refractivity contribution >= 4 is 40.8 Å². The first-order valence-electron chi connectivity index (χ1n) is 12.2. The molecule has 3 N–H and O–H groups in total. The van der Waals surface area contributed by atoms with Crippen LogP contribution in [0.3, 0.4) is 0 Å². The number of hydrogen-bond acceptors (Lipinski definition) is 8. The van der Waals surface area contributed by atoms with Crippen LogP contribution in [0.5, 0.6) is 11.5 Å². The van der Waals surface area contributed by atoms with E-state index in [1.807, 2.05) is 0 Å². The van der Waals surface area contributed by atoms with Crippen LogP contribution in [0.2, 0.25) is 5.02 Å². The number of nitrogens with one attached hydrogen (secondary N) is 1. The molecule has 2 aliphatic rings. The molecule has 0 aliphatic carbocycles. The van der Waals surface area contributed by atoms with Gasteiger partial charge in [-0.3, -0.25) is 29.8 Å². The summed E-state index contributed by atoms with van der Waals surface area (Å²) in [5.74, 6) is -5.18. The second kappa shape index (κ2) is 9.92. The second-order valence-corrected chi connectivity index (χ2v) is 10.3. The highest BCUT2D eigenvalue weighted by molar-refractivity contribution is 6.32. The fourth-order valence-corrected chi connectivity index (χ4v) is 5.82. The van der Waals surface area contributed by atoms with Crippen LogP contribution in [0.1, 0.15) is 22.7 Å². The largest absolute Gasteiger partial charge is 0.504 e. The minimum absolute atomic E-state index is 0.109. The van der Waals surface area contributed by atoms with E-state index in [1.54, 1.807) is 19.1 Å². The highest BCUT2D eigenvalue weighted by Gasteiger charge is 2.68. The summed E-state index contributed by atoms with van der Waals surface area (Å²) in [6.07, 6.45) is -0.241. The number of carbonyl (C=O) groups is 3. The van der Waals surface area contributed by atoms with Crippen LogP contribution in [0.15, 0.2) is 60.7 Å². The van der Waals surface area contributed by atoms with Crippen molar-refractivity contribution in [3.05, 3.63) is 92.5 Å². The molecule has 2 heterocycles. The van der Waals surface area contributed by atoms with E-state index in [1.165, 1.54) is 55.6 Å². The number of imide groups is 1. The number of anilines is 1. The summed E-state index contributed by atoms with van der Waals surface area (Å²) in [4.78, 5) is 52.5. The zero-order valence-corrected chi connectivity index (χ0v) is 22.1. The maximum Gasteiger partial charge on any atom is 0.325 e. The van der Waals surface area contributed by atoms with Gasteiger partial charge in [-0.15, -0.1) is 0 Å². The Morgan fingerprint density at radius 1 is 1.12 bits per heavy atom. The smallest absolute Gasteiger partial charge is 0.325 e. The van der Waals surface area contributed by atoms with Crippen LogP contribution < -0.4 is 15.0 Å². The number of fused-ring (bicyclic) bond motifs is 1. The maximum atomic E-state index is 14.0. The van der Waals surface area contributed by atoms with E-state index < -0.39 is 46.1 Å². The quantitative estimate of drug-likeness (QED) is 0.220. The van der Waals surface area contributed by atoms with Gasteiger partial charge in [-0.05, 0) is 47.9 Å². The number of carboxylic acids is 1. The lowest BCUT2D eigenvalue weighted by atomic mass is 9.76. The van der Waals surface area contributed by atoms with Crippen molar-refractivity contribution in [2.24, 2.45) is 11.8 Å². The van der Waals surface area contributed by atoms with E-state index in [2.05, 4.69) is 5.32 Å². The van der Waals surface area contributed by atoms with E-state index in [0.29, 0.717) is 16.1 Å². The van der Waals surface area contributed by atoms with Crippen molar-refractivity contribution in [3.8, 4) is 11.5 Å². The molecular formula is C28H24ClN3O8. The normalized spacial score (nSPS) is 23.8. The van der Waals surface area contributed by atoms with E-state index in [0.717, 1.165) is 10.5 Å². The van der Waals surface area contributed by atoms with Gasteiger partial charge >= 0.3 is 5.97 Å². The summed E-state index contributed by atoms with van der Waals surface area (Å²) in [5, 5.41) is 35.3. The lowest BCUT2D eigenvalue weighted by molar-refractivity contribution is -0.384. The Balaban J connectivity index is 1.65. The fourth-order valence-electron chi connectivity index (χ4n) is 5.64. The standard InChI is InChI=1S/C28H24ClN3O8/c1-14-3-7-18(12-19(14)29)31-25(34)22-23(26(31)35)28(27(36)37,13-15-4-8-17(9-5-15)32(38)39)30-24(22)16-6-10-20(33)21(11-16)40-2/h3-12,22-24,30,33H,13H2,1-2H3,(H,36,37). The van der Waals surface area contributed by atoms with E-state index in [4.69, 9.17) is 16.3 Å². The summed E-state index contributed by atoms with van der Waals surface area (Å²) < 4.78 is 5.22. The van der Waals surface area contributed by atoms with Gasteiger partial charge in [0.05, 0.1) is 29.6 Å². The van der Waals surface area contributed by atoms with Gasteiger partial charge < -0.3 is 14.9 Å². The van der Waals surface area contributed by atoms with Crippen molar-refractivity contribution < 1.29 is 34.3 Å². The summed E-state index contributed by atoms with van der Waals surface area (Å²) in [6.45, 7) is 1.77. The number of benzene rings is 3. The van der Waals surface area contributed by atoms with Crippen LogP contribution in [0.25, 0.3) is 0 Å². The second-order valence-electron chi connectivity index (χ2n) is 9.88. The number of ether oxygens (including phenoxy) is 1. The topological polar surface area (TPSA) is 159 Å². The molecule has 2 fully saturated rings. The molecule has 40 heavy (non-hydrogen) atoms. The van der Waals surface area contributed by atoms with Crippen molar-refractivity contribution in [1.82, 2.24) is 5.32 Å². The number of methoxy groups -OCH3 is 1. The summed E-state index contributed by atoms with van der Waals surface area (Å²) >= 11 is 6.29. The molecule has 0 spiro atoms. The van der Waals surface area contributed by atoms with E-state index in [9.17, 15) is 34.7 Å². The molecular weight excluding hydrogens is 542 g/mol. The third kappa shape index (κ3) is 4.23. The van der Waals surface area contributed by atoms with Crippen LogP contribution >= 0.6 is 11.6 Å². The number of nitro benzene ring substituents is 1. The number of amides is 2. The minimum Gasteiger partial charge on any atom is -0.504 e. The molecule has 12 heteroatoms. The average Bonchev–Trinajstić information content (AvgIpc) is 3.40. The molecule has 2 amide bonds. The monoisotopic (exact) mass is 565 g/mol. The van der Waals surface area contributed by atoms with Crippen LogP contribution in [-0.4, -0.2) is 45.6 Å². The molecule has 3 aromatic carbocycles. The Hall–Kier alpha value is -4.48. The number of halogens is 1. The molecule has 4 atom stereocenters. The highest BCUT2D eigenvalue weighted by Crippen LogP contribution is 2.51. The number of carboxylic acid groups (broad SMARTS) is 1. The van der Waals surface area contributed by atoms with Crippen molar-refractivity contribution in [3.63, 3.8) is 0 Å². The molecule has 0 saturated carbocycles. The third-order valence-corrected chi connectivity index (χ3v) is 8.05. The summed E-state index contributed by atoms with van der Waals surface area (Å²) in [5.41, 5.74) is -0.321. The number of phenols is 1. The SMILES string of the molecule is COc1cc(C2NC(Cc3ccc([N+](=O)[O-])cc3)(C(=O)O)C3C(=O)N(c4ccc(C)c(Cl)c4)C(=O)C23)ccc1O. The number of nitro groups is 1. The lowest BCUT2D eigenvalue weighted by Crippen LogP contribution is -2.57. The maximum absolute atomic E-state index is 14.0. The molecule has 206 valence electrons. The van der Waals surface area contributed by atoms with Crippen molar-refractivity contribution in [2.45, 2.75) is 24.9 Å². The first-order valence-corrected chi connectivity index (χ1v) is 12.6. The van der Waals surface area contributed by atoms with Crippen molar-refractivity contribution in [2.75, 3.05) is 12.0 Å². The van der Waals surface area contributed by atoms with Gasteiger partial charge in [0, 0.05) is 29.6 Å². The van der Waals surface area contributed by atoms with Gasteiger partial charge in [0.25, 0.3) is 5.69 Å². The molecule has 0 radical (unpaired) electrons. The van der Waals surface area contributed by atoms with Gasteiger partial charge in [-0.1, -0.05) is 35.9 Å². The first kappa shape index (κ1) is 27.1. The molecule has 0 aromatic heterocycles. The highest BCUT2D eigenvalue weighted by atomic mass is 35.5. The number of hydrogen-bond donors (Lipinski definition) is 3. The Labute approximate surface area is 233 Å². The Morgan fingerprint density at radius 3 is 2.42 bits per heavy atom. The van der Waals surface area contributed by atoms with Crippen molar-refractivity contribution in [1.29, 1.82) is 0 Å². The first-order chi connectivity index (χ1) is 19.0. The molecule has 0 bridgehead atoms. The minimum atomic E-state index is -1.95. The number of nitrogens with zero attached hydrogens (tertiary/aromatic N) is 2. The molecule has 5 rings (SSSR count). The fraction of sp³-hybridized carbons (Fsp3) is 0.250. The van der Waals surface area contributed by atoms with Gasteiger partial charge in [0.15, 0.2) is 11.5 Å². The number of aryl methyl sites for hydroxylation is 1. The van der Waals surface area contributed by atoms with E-state index in [-0.39, 0.29) is 29.3 Å². The number of carbonyl (C=O) groups excluding carboxylic acids is 2. The average molecular weight is 566 g/mol. The third-order valence-electron chi connectivity index (χ3n) is 7.64. The number of non-ortho nitro benzene ring substituents is 1. The Morgan fingerprint density at radius 2 is 1.82 bits per heavy atom. The number of aliphatic carboxylic acids is 1.